The lowest BCUT2D eigenvalue weighted by Crippen LogP contribution is -2.22. The first kappa shape index (κ1) is 16.8. The molecule has 1 aromatic heterocycles. The lowest BCUT2D eigenvalue weighted by molar-refractivity contribution is -0.137. The van der Waals surface area contributed by atoms with Gasteiger partial charge in [-0.2, -0.15) is 18.3 Å². The minimum Gasteiger partial charge on any atom is -0.338 e. The van der Waals surface area contributed by atoms with Gasteiger partial charge >= 0.3 is 6.18 Å². The normalized spacial score (nSPS) is 12.0. The minimum absolute atomic E-state index is 0.0951. The topological polar surface area (TPSA) is 46.4 Å². The first-order valence-corrected chi connectivity index (χ1v) is 7.46. The summed E-state index contributed by atoms with van der Waals surface area (Å²) in [5.74, 6) is -0.329. The van der Waals surface area contributed by atoms with E-state index in [2.05, 4.69) is 10.5 Å². The monoisotopic (exact) mass is 345 g/mol. The molecule has 3 aromatic rings. The van der Waals surface area contributed by atoms with Crippen molar-refractivity contribution in [2.45, 2.75) is 12.7 Å². The summed E-state index contributed by atoms with van der Waals surface area (Å²) in [6.07, 6.45) is -1.26. The molecule has 0 atom stereocenters. The Morgan fingerprint density at radius 3 is 2.52 bits per heavy atom. The van der Waals surface area contributed by atoms with Gasteiger partial charge in [-0.1, -0.05) is 30.3 Å². The lowest BCUT2D eigenvalue weighted by atomic mass is 10.1. The molecule has 4 nitrogen and oxygen atoms in total. The highest BCUT2D eigenvalue weighted by molar-refractivity contribution is 5.84. The number of hydrogen-bond donors (Lipinski definition) is 1. The van der Waals surface area contributed by atoms with Crippen LogP contribution in [0.25, 0.3) is 10.9 Å². The van der Waals surface area contributed by atoms with E-state index >= 15 is 0 Å². The molecule has 0 unspecified atom stereocenters. The number of halogens is 3. The van der Waals surface area contributed by atoms with E-state index in [0.717, 1.165) is 23.0 Å². The lowest BCUT2D eigenvalue weighted by Gasteiger charge is -2.06. The summed E-state index contributed by atoms with van der Waals surface area (Å²) in [4.78, 5) is 11.9. The highest BCUT2D eigenvalue weighted by Gasteiger charge is 2.29. The van der Waals surface area contributed by atoms with E-state index in [1.165, 1.54) is 18.3 Å². The van der Waals surface area contributed by atoms with E-state index in [9.17, 15) is 18.0 Å². The number of aromatic nitrogens is 1. The molecule has 1 amide bonds. The van der Waals surface area contributed by atoms with Crippen molar-refractivity contribution < 1.29 is 18.0 Å². The van der Waals surface area contributed by atoms with Crippen LogP contribution in [-0.2, 0) is 17.5 Å². The molecule has 7 heteroatoms. The number of carbonyl (C=O) groups is 1. The molecule has 0 fully saturated rings. The zero-order valence-electron chi connectivity index (χ0n) is 13.0. The first-order chi connectivity index (χ1) is 11.9. The fourth-order valence-corrected chi connectivity index (χ4v) is 2.41. The van der Waals surface area contributed by atoms with E-state index < -0.39 is 11.7 Å². The van der Waals surface area contributed by atoms with Crippen LogP contribution in [0.2, 0.25) is 0 Å². The number of para-hydroxylation sites is 1. The smallest absolute Gasteiger partial charge is 0.338 e. The average molecular weight is 345 g/mol. The van der Waals surface area contributed by atoms with Crippen LogP contribution in [0.3, 0.4) is 0 Å². The summed E-state index contributed by atoms with van der Waals surface area (Å²) in [6.45, 7) is 0.0951. The third kappa shape index (κ3) is 4.06. The van der Waals surface area contributed by atoms with E-state index in [4.69, 9.17) is 0 Å². The molecular weight excluding hydrogens is 331 g/mol. The molecule has 128 valence electrons. The van der Waals surface area contributed by atoms with Gasteiger partial charge < -0.3 is 4.57 Å². The van der Waals surface area contributed by atoms with Crippen molar-refractivity contribution in [1.29, 1.82) is 0 Å². The number of nitrogens with one attached hydrogen (secondary N) is 1. The zero-order valence-corrected chi connectivity index (χ0v) is 13.0. The zero-order chi connectivity index (χ0) is 17.9. The van der Waals surface area contributed by atoms with Crippen LogP contribution in [0.4, 0.5) is 13.2 Å². The van der Waals surface area contributed by atoms with E-state index in [-0.39, 0.29) is 12.5 Å². The highest BCUT2D eigenvalue weighted by atomic mass is 19.4. The van der Waals surface area contributed by atoms with Gasteiger partial charge in [0.15, 0.2) is 0 Å². The fraction of sp³-hybridized carbons (Fsp3) is 0.111. The van der Waals surface area contributed by atoms with Gasteiger partial charge in [-0.25, -0.2) is 5.43 Å². The second-order valence-electron chi connectivity index (χ2n) is 5.42. The molecule has 0 aliphatic carbocycles. The molecule has 1 heterocycles. The Balaban J connectivity index is 1.59. The fourth-order valence-electron chi connectivity index (χ4n) is 2.41. The summed E-state index contributed by atoms with van der Waals surface area (Å²) in [7, 11) is 0. The number of benzene rings is 2. The van der Waals surface area contributed by atoms with Crippen LogP contribution in [0.15, 0.2) is 65.9 Å². The Hall–Kier alpha value is -3.09. The minimum atomic E-state index is -4.37. The molecule has 25 heavy (non-hydrogen) atoms. The van der Waals surface area contributed by atoms with Crippen LogP contribution >= 0.6 is 0 Å². The molecule has 0 bridgehead atoms. The Kier molecular flexibility index (Phi) is 4.56. The number of hydrazone groups is 1. The summed E-state index contributed by atoms with van der Waals surface area (Å²) < 4.78 is 39.2. The molecule has 0 saturated heterocycles. The van der Waals surface area contributed by atoms with Crippen LogP contribution in [0.5, 0.6) is 0 Å². The number of amides is 1. The average Bonchev–Trinajstić information content (AvgIpc) is 2.98. The molecule has 3 rings (SSSR count). The molecule has 0 aliphatic rings. The summed E-state index contributed by atoms with van der Waals surface area (Å²) >= 11 is 0. The van der Waals surface area contributed by atoms with E-state index in [0.29, 0.717) is 5.56 Å². The van der Waals surface area contributed by atoms with Crippen molar-refractivity contribution in [3.63, 3.8) is 0 Å². The SMILES string of the molecule is O=C(Cn1ccc2ccccc21)NN=Cc1ccc(C(F)(F)F)cc1. The summed E-state index contributed by atoms with van der Waals surface area (Å²) in [5.41, 5.74) is 3.03. The quantitative estimate of drug-likeness (QED) is 0.567. The third-order valence-electron chi connectivity index (χ3n) is 3.64. The standard InChI is InChI=1S/C18H14F3N3O/c19-18(20,21)15-7-5-13(6-8-15)11-22-23-17(25)12-24-10-9-14-3-1-2-4-16(14)24/h1-11H,12H2,(H,23,25). The number of rotatable bonds is 4. The summed E-state index contributed by atoms with van der Waals surface area (Å²) in [6, 6.07) is 14.1. The van der Waals surface area contributed by atoms with Crippen LogP contribution in [0, 0.1) is 0 Å². The Bertz CT molecular complexity index is 911. The molecule has 0 spiro atoms. The van der Waals surface area contributed by atoms with Gasteiger partial charge in [0.1, 0.15) is 6.54 Å². The Morgan fingerprint density at radius 2 is 1.80 bits per heavy atom. The number of nitrogens with zero attached hydrogens (tertiary/aromatic N) is 2. The molecule has 2 aromatic carbocycles. The maximum atomic E-state index is 12.5. The second-order valence-corrected chi connectivity index (χ2v) is 5.42. The van der Waals surface area contributed by atoms with E-state index in [1.807, 2.05) is 36.5 Å². The Labute approximate surface area is 141 Å². The van der Waals surface area contributed by atoms with E-state index in [1.54, 1.807) is 4.57 Å². The van der Waals surface area contributed by atoms with Gasteiger partial charge in [0.05, 0.1) is 11.8 Å². The van der Waals surface area contributed by atoms with Crippen molar-refractivity contribution in [3.05, 3.63) is 71.9 Å². The Morgan fingerprint density at radius 1 is 1.08 bits per heavy atom. The van der Waals surface area contributed by atoms with Gasteiger partial charge in [0.2, 0.25) is 0 Å². The van der Waals surface area contributed by atoms with Crippen molar-refractivity contribution in [2.75, 3.05) is 0 Å². The van der Waals surface area contributed by atoms with Crippen molar-refractivity contribution in [1.82, 2.24) is 9.99 Å². The molecule has 0 radical (unpaired) electrons. The van der Waals surface area contributed by atoms with Gasteiger partial charge in [-0.3, -0.25) is 4.79 Å². The number of alkyl halides is 3. The largest absolute Gasteiger partial charge is 0.416 e. The highest BCUT2D eigenvalue weighted by Crippen LogP contribution is 2.28. The molecule has 0 aliphatic heterocycles. The summed E-state index contributed by atoms with van der Waals surface area (Å²) in [5, 5.41) is 4.81. The van der Waals surface area contributed by atoms with Crippen molar-refractivity contribution in [2.24, 2.45) is 5.10 Å². The van der Waals surface area contributed by atoms with Crippen LogP contribution in [-0.4, -0.2) is 16.7 Å². The van der Waals surface area contributed by atoms with Gasteiger partial charge in [-0.05, 0) is 35.2 Å². The molecule has 1 N–H and O–H groups in total. The van der Waals surface area contributed by atoms with Crippen molar-refractivity contribution >= 4 is 23.0 Å². The maximum Gasteiger partial charge on any atom is 0.416 e. The predicted octanol–water partition coefficient (Wildman–Crippen LogP) is 3.81. The third-order valence-corrected chi connectivity index (χ3v) is 3.64. The van der Waals surface area contributed by atoms with Crippen LogP contribution < -0.4 is 5.43 Å². The van der Waals surface area contributed by atoms with Gasteiger partial charge in [-0.15, -0.1) is 0 Å². The number of fused-ring (bicyclic) bond motifs is 1. The maximum absolute atomic E-state index is 12.5. The van der Waals surface area contributed by atoms with Gasteiger partial charge in [0.25, 0.3) is 5.91 Å². The van der Waals surface area contributed by atoms with Gasteiger partial charge in [0, 0.05) is 11.7 Å². The second kappa shape index (κ2) is 6.80. The molecule has 0 saturated carbocycles. The predicted molar refractivity (Wildman–Crippen MR) is 89.1 cm³/mol. The number of hydrogen-bond acceptors (Lipinski definition) is 2. The van der Waals surface area contributed by atoms with Crippen molar-refractivity contribution in [3.8, 4) is 0 Å². The molecular formula is C18H14F3N3O. The van der Waals surface area contributed by atoms with Crippen LogP contribution in [0.1, 0.15) is 11.1 Å². The first-order valence-electron chi connectivity index (χ1n) is 7.46. The number of carbonyl (C=O) groups excluding carboxylic acids is 1.